The van der Waals surface area contributed by atoms with E-state index in [0.29, 0.717) is 18.6 Å². The number of carbonyl (C=O) groups excluding carboxylic acids is 1. The zero-order valence-corrected chi connectivity index (χ0v) is 18.4. The summed E-state index contributed by atoms with van der Waals surface area (Å²) >= 11 is 0. The molecule has 2 atom stereocenters. The van der Waals surface area contributed by atoms with Crippen molar-refractivity contribution in [2.75, 3.05) is 31.6 Å². The summed E-state index contributed by atoms with van der Waals surface area (Å²) in [7, 11) is 0. The van der Waals surface area contributed by atoms with E-state index >= 15 is 0 Å². The van der Waals surface area contributed by atoms with Gasteiger partial charge in [0.05, 0.1) is 6.61 Å². The number of hydrogen-bond acceptors (Lipinski definition) is 4. The van der Waals surface area contributed by atoms with Gasteiger partial charge in [0, 0.05) is 24.9 Å². The smallest absolute Gasteiger partial charge is 0.256 e. The topological polar surface area (TPSA) is 50.8 Å². The summed E-state index contributed by atoms with van der Waals surface area (Å²) in [4.78, 5) is 15.4. The zero-order chi connectivity index (χ0) is 20.7. The van der Waals surface area contributed by atoms with Crippen molar-refractivity contribution in [3.05, 3.63) is 24.3 Å². The maximum absolute atomic E-state index is 12.8. The van der Waals surface area contributed by atoms with Crippen molar-refractivity contribution < 1.29 is 14.3 Å². The number of nitrogens with one attached hydrogen (secondary N) is 1. The van der Waals surface area contributed by atoms with E-state index < -0.39 is 5.60 Å². The van der Waals surface area contributed by atoms with Gasteiger partial charge in [0.15, 0.2) is 0 Å². The highest BCUT2D eigenvalue weighted by Crippen LogP contribution is 2.42. The summed E-state index contributed by atoms with van der Waals surface area (Å²) in [5.41, 5.74) is 0.0630. The Kier molecular flexibility index (Phi) is 7.96. The lowest BCUT2D eigenvalue weighted by atomic mass is 9.98. The molecule has 1 aromatic rings. The van der Waals surface area contributed by atoms with Crippen LogP contribution in [-0.4, -0.2) is 48.8 Å². The number of nitrogens with zero attached hydrogens (tertiary/aromatic N) is 1. The first-order valence-corrected chi connectivity index (χ1v) is 11.4. The second-order valence-electron chi connectivity index (χ2n) is 8.79. The van der Waals surface area contributed by atoms with Gasteiger partial charge in [-0.3, -0.25) is 4.79 Å². The first-order chi connectivity index (χ1) is 14.0. The van der Waals surface area contributed by atoms with E-state index in [9.17, 15) is 4.79 Å². The molecule has 1 N–H and O–H groups in total. The van der Waals surface area contributed by atoms with Crippen LogP contribution in [0.3, 0.4) is 0 Å². The largest absolute Gasteiger partial charge is 0.494 e. The van der Waals surface area contributed by atoms with Gasteiger partial charge in [0.1, 0.15) is 11.4 Å². The first kappa shape index (κ1) is 22.1. The second-order valence-corrected chi connectivity index (χ2v) is 8.79. The van der Waals surface area contributed by atoms with Crippen LogP contribution in [0.15, 0.2) is 24.3 Å². The molecule has 0 spiro atoms. The molecule has 2 aliphatic rings. The molecule has 162 valence electrons. The van der Waals surface area contributed by atoms with Gasteiger partial charge >= 0.3 is 0 Å². The molecule has 0 radical (unpaired) electrons. The number of ether oxygens (including phenoxy) is 2. The molecule has 1 saturated heterocycles. The van der Waals surface area contributed by atoms with Crippen molar-refractivity contribution in [1.29, 1.82) is 0 Å². The van der Waals surface area contributed by atoms with Crippen molar-refractivity contribution in [3.63, 3.8) is 0 Å². The molecular formula is C24H38N2O3. The lowest BCUT2D eigenvalue weighted by molar-refractivity contribution is -0.142. The van der Waals surface area contributed by atoms with Gasteiger partial charge in [-0.25, -0.2) is 0 Å². The van der Waals surface area contributed by atoms with Gasteiger partial charge in [-0.15, -0.1) is 0 Å². The van der Waals surface area contributed by atoms with Crippen molar-refractivity contribution in [3.8, 4) is 5.75 Å². The standard InChI is InChI=1S/C24H38N2O3/c1-4-17-29-24(3,20-9-10-20)23(27)25-21-11-13-22(14-12-21)28-18-7-16-26-15-6-5-8-19(26)2/h11-14,19-20H,4-10,15-18H2,1-3H3,(H,25,27)/t19-,24+/m0/s1. The number of likely N-dealkylation sites (tertiary alicyclic amines) is 1. The summed E-state index contributed by atoms with van der Waals surface area (Å²) in [6.07, 6.45) is 8.09. The Morgan fingerprint density at radius 1 is 1.17 bits per heavy atom. The number of benzene rings is 1. The normalized spacial score (nSPS) is 22.1. The van der Waals surface area contributed by atoms with Gasteiger partial charge in [-0.05, 0) is 89.1 Å². The summed E-state index contributed by atoms with van der Waals surface area (Å²) in [6.45, 7) is 9.98. The maximum Gasteiger partial charge on any atom is 0.256 e. The Morgan fingerprint density at radius 2 is 1.93 bits per heavy atom. The third-order valence-corrected chi connectivity index (χ3v) is 6.32. The van der Waals surface area contributed by atoms with E-state index in [2.05, 4.69) is 24.1 Å². The summed E-state index contributed by atoms with van der Waals surface area (Å²) in [6, 6.07) is 8.38. The van der Waals surface area contributed by atoms with Crippen molar-refractivity contribution in [1.82, 2.24) is 4.90 Å². The number of amides is 1. The van der Waals surface area contributed by atoms with Crippen molar-refractivity contribution >= 4 is 11.6 Å². The van der Waals surface area contributed by atoms with Crippen LogP contribution in [-0.2, 0) is 9.53 Å². The molecular weight excluding hydrogens is 364 g/mol. The minimum absolute atomic E-state index is 0.0437. The molecule has 1 amide bonds. The van der Waals surface area contributed by atoms with Crippen molar-refractivity contribution in [2.24, 2.45) is 5.92 Å². The fourth-order valence-corrected chi connectivity index (χ4v) is 4.15. The number of rotatable bonds is 11. The third kappa shape index (κ3) is 6.19. The van der Waals surface area contributed by atoms with Crippen LogP contribution in [0.4, 0.5) is 5.69 Å². The Bertz CT molecular complexity index is 644. The van der Waals surface area contributed by atoms with Gasteiger partial charge in [-0.2, -0.15) is 0 Å². The first-order valence-electron chi connectivity index (χ1n) is 11.4. The molecule has 1 aliphatic heterocycles. The van der Waals surface area contributed by atoms with Crippen LogP contribution in [0.1, 0.15) is 65.7 Å². The monoisotopic (exact) mass is 402 g/mol. The Balaban J connectivity index is 1.43. The van der Waals surface area contributed by atoms with E-state index in [1.54, 1.807) is 0 Å². The Morgan fingerprint density at radius 3 is 2.59 bits per heavy atom. The lowest BCUT2D eigenvalue weighted by Gasteiger charge is -2.33. The molecule has 0 aromatic heterocycles. The molecule has 5 nitrogen and oxygen atoms in total. The summed E-state index contributed by atoms with van der Waals surface area (Å²) < 4.78 is 11.8. The Labute approximate surface area is 176 Å². The molecule has 1 saturated carbocycles. The molecule has 0 unspecified atom stereocenters. The number of carbonyl (C=O) groups is 1. The van der Waals surface area contributed by atoms with Crippen LogP contribution in [0, 0.1) is 5.92 Å². The molecule has 29 heavy (non-hydrogen) atoms. The molecule has 1 aromatic carbocycles. The summed E-state index contributed by atoms with van der Waals surface area (Å²) in [5.74, 6) is 1.14. The number of hydrogen-bond donors (Lipinski definition) is 1. The third-order valence-electron chi connectivity index (χ3n) is 6.32. The van der Waals surface area contributed by atoms with E-state index in [4.69, 9.17) is 9.47 Å². The molecule has 5 heteroatoms. The SMILES string of the molecule is CCCO[C@@](C)(C(=O)Nc1ccc(OCCCN2CCCC[C@@H]2C)cc1)C1CC1. The van der Waals surface area contributed by atoms with E-state index in [-0.39, 0.29) is 5.91 Å². The predicted molar refractivity (Wildman–Crippen MR) is 117 cm³/mol. The quantitative estimate of drug-likeness (QED) is 0.537. The molecule has 1 heterocycles. The van der Waals surface area contributed by atoms with E-state index in [1.807, 2.05) is 31.2 Å². The van der Waals surface area contributed by atoms with Gasteiger partial charge in [0.25, 0.3) is 5.91 Å². The summed E-state index contributed by atoms with van der Waals surface area (Å²) in [5, 5.41) is 3.03. The lowest BCUT2D eigenvalue weighted by Crippen LogP contribution is -2.45. The fraction of sp³-hybridized carbons (Fsp3) is 0.708. The van der Waals surface area contributed by atoms with E-state index in [0.717, 1.165) is 50.3 Å². The predicted octanol–water partition coefficient (Wildman–Crippen LogP) is 4.86. The van der Waals surface area contributed by atoms with Crippen LogP contribution >= 0.6 is 0 Å². The van der Waals surface area contributed by atoms with Crippen LogP contribution in [0.25, 0.3) is 0 Å². The molecule has 0 bridgehead atoms. The highest BCUT2D eigenvalue weighted by Gasteiger charge is 2.48. The maximum atomic E-state index is 12.8. The molecule has 2 fully saturated rings. The average Bonchev–Trinajstić information content (AvgIpc) is 3.57. The number of piperidine rings is 1. The van der Waals surface area contributed by atoms with E-state index in [1.165, 1.54) is 25.8 Å². The molecule has 1 aliphatic carbocycles. The molecule has 3 rings (SSSR count). The van der Waals surface area contributed by atoms with Gasteiger partial charge in [-0.1, -0.05) is 13.3 Å². The highest BCUT2D eigenvalue weighted by atomic mass is 16.5. The van der Waals surface area contributed by atoms with Gasteiger partial charge in [0.2, 0.25) is 0 Å². The van der Waals surface area contributed by atoms with Gasteiger partial charge < -0.3 is 19.7 Å². The van der Waals surface area contributed by atoms with Crippen LogP contribution < -0.4 is 10.1 Å². The highest BCUT2D eigenvalue weighted by molar-refractivity contribution is 5.97. The van der Waals surface area contributed by atoms with Crippen molar-refractivity contribution in [2.45, 2.75) is 77.4 Å². The zero-order valence-electron chi connectivity index (χ0n) is 18.4. The van der Waals surface area contributed by atoms with Crippen LogP contribution in [0.2, 0.25) is 0 Å². The Hall–Kier alpha value is -1.59. The fourth-order valence-electron chi connectivity index (χ4n) is 4.15. The average molecular weight is 403 g/mol. The number of anilines is 1. The minimum atomic E-state index is -0.725. The minimum Gasteiger partial charge on any atom is -0.494 e. The second kappa shape index (κ2) is 10.4. The van der Waals surface area contributed by atoms with Crippen LogP contribution in [0.5, 0.6) is 5.75 Å².